The van der Waals surface area contributed by atoms with E-state index in [0.29, 0.717) is 10.5 Å². The maximum atomic E-state index is 12.7. The Morgan fingerprint density at radius 2 is 1.96 bits per heavy atom. The first kappa shape index (κ1) is 17.2. The summed E-state index contributed by atoms with van der Waals surface area (Å²) in [4.78, 5) is 25.0. The zero-order chi connectivity index (χ0) is 18.0. The lowest BCUT2D eigenvalue weighted by Gasteiger charge is -2.20. The number of rotatable bonds is 3. The molecule has 0 fully saturated rings. The van der Waals surface area contributed by atoms with Gasteiger partial charge in [-0.15, -0.1) is 0 Å². The molecule has 1 heterocycles. The SMILES string of the molecule is COC(=O)C1=CC2=[N+](C)C(=O)/C(=C/c3ccc(OC)cc3)SC2C=C1. The molecule has 2 aliphatic rings. The van der Waals surface area contributed by atoms with Gasteiger partial charge in [-0.1, -0.05) is 30.0 Å². The first-order valence-electron chi connectivity index (χ1n) is 7.69. The third-order valence-electron chi connectivity index (χ3n) is 4.04. The van der Waals surface area contributed by atoms with Gasteiger partial charge in [0.1, 0.15) is 23.0 Å². The van der Waals surface area contributed by atoms with E-state index in [1.54, 1.807) is 30.9 Å². The van der Waals surface area contributed by atoms with Crippen LogP contribution in [0, 0.1) is 0 Å². The number of amides is 1. The van der Waals surface area contributed by atoms with Crippen molar-refractivity contribution in [3.05, 3.63) is 58.5 Å². The molecule has 3 rings (SSSR count). The van der Waals surface area contributed by atoms with E-state index in [-0.39, 0.29) is 11.2 Å². The molecule has 0 radical (unpaired) electrons. The molecule has 1 amide bonds. The summed E-state index contributed by atoms with van der Waals surface area (Å²) in [5.41, 5.74) is 2.15. The normalized spacial score (nSPS) is 21.1. The van der Waals surface area contributed by atoms with Crippen molar-refractivity contribution >= 4 is 35.4 Å². The third-order valence-corrected chi connectivity index (χ3v) is 5.24. The summed E-state index contributed by atoms with van der Waals surface area (Å²) in [6.07, 6.45) is 7.23. The van der Waals surface area contributed by atoms with Crippen molar-refractivity contribution in [1.82, 2.24) is 0 Å². The van der Waals surface area contributed by atoms with E-state index in [4.69, 9.17) is 9.47 Å². The van der Waals surface area contributed by atoms with Crippen LogP contribution in [0.1, 0.15) is 5.56 Å². The number of carbonyl (C=O) groups excluding carboxylic acids is 2. The van der Waals surface area contributed by atoms with E-state index in [0.717, 1.165) is 17.0 Å². The van der Waals surface area contributed by atoms with Gasteiger partial charge in [0.05, 0.1) is 19.8 Å². The van der Waals surface area contributed by atoms with Gasteiger partial charge in [0.2, 0.25) is 5.71 Å². The molecule has 1 aliphatic heterocycles. The summed E-state index contributed by atoms with van der Waals surface area (Å²) in [6.45, 7) is 0. The first-order chi connectivity index (χ1) is 12.0. The predicted octanol–water partition coefficient (Wildman–Crippen LogP) is 2.43. The number of fused-ring (bicyclic) bond motifs is 1. The minimum atomic E-state index is -0.410. The average molecular weight is 356 g/mol. The van der Waals surface area contributed by atoms with E-state index in [9.17, 15) is 9.59 Å². The second kappa shape index (κ2) is 7.11. The summed E-state index contributed by atoms with van der Waals surface area (Å²) in [6, 6.07) is 7.53. The number of methoxy groups -OCH3 is 2. The fourth-order valence-electron chi connectivity index (χ4n) is 2.63. The highest BCUT2D eigenvalue weighted by Crippen LogP contribution is 2.33. The molecule has 0 N–H and O–H groups in total. The van der Waals surface area contributed by atoms with Crippen LogP contribution in [-0.4, -0.2) is 48.7 Å². The van der Waals surface area contributed by atoms with Gasteiger partial charge < -0.3 is 9.47 Å². The number of thioether (sulfide) groups is 1. The molecular formula is C19H18NO4S+. The Hall–Kier alpha value is -2.60. The number of hydrogen-bond donors (Lipinski definition) is 0. The highest BCUT2D eigenvalue weighted by atomic mass is 32.2. The fourth-order valence-corrected chi connectivity index (χ4v) is 3.85. The minimum Gasteiger partial charge on any atom is -0.497 e. The summed E-state index contributed by atoms with van der Waals surface area (Å²) in [5.74, 6) is 0.267. The quantitative estimate of drug-likeness (QED) is 0.473. The lowest BCUT2D eigenvalue weighted by Crippen LogP contribution is -2.36. The summed E-state index contributed by atoms with van der Waals surface area (Å²) in [5, 5.41) is -0.0133. The standard InChI is InChI=1S/C19H18NO4S/c1-20-15-11-13(19(22)24-3)6-9-16(15)25-17(18(20)21)10-12-4-7-14(23-2)8-5-12/h4-11,16H,1-3H3/q+1/b17-10-. The fraction of sp³-hybridized carbons (Fsp3) is 0.211. The van der Waals surface area contributed by atoms with Gasteiger partial charge in [0, 0.05) is 6.08 Å². The van der Waals surface area contributed by atoms with Gasteiger partial charge in [-0.25, -0.2) is 9.59 Å². The molecule has 0 bridgehead atoms. The average Bonchev–Trinajstić information content (AvgIpc) is 2.65. The number of likely N-dealkylation sites (N-methyl/N-ethyl adjacent to an activating group) is 1. The Labute approximate surface area is 150 Å². The van der Waals surface area contributed by atoms with Crippen LogP contribution in [0.2, 0.25) is 0 Å². The molecular weight excluding hydrogens is 338 g/mol. The number of esters is 1. The maximum absolute atomic E-state index is 12.7. The first-order valence-corrected chi connectivity index (χ1v) is 8.57. The van der Waals surface area contributed by atoms with E-state index < -0.39 is 5.97 Å². The van der Waals surface area contributed by atoms with E-state index in [2.05, 4.69) is 0 Å². The Kier molecular flexibility index (Phi) is 4.90. The smallest absolute Gasteiger partial charge is 0.425 e. The van der Waals surface area contributed by atoms with E-state index in [1.165, 1.54) is 18.9 Å². The summed E-state index contributed by atoms with van der Waals surface area (Å²) >= 11 is 1.47. The molecule has 0 aromatic heterocycles. The monoisotopic (exact) mass is 356 g/mol. The van der Waals surface area contributed by atoms with Crippen molar-refractivity contribution in [3.8, 4) is 5.75 Å². The molecule has 0 spiro atoms. The minimum absolute atomic E-state index is 0.0133. The molecule has 1 aromatic rings. The van der Waals surface area contributed by atoms with E-state index in [1.807, 2.05) is 36.4 Å². The predicted molar refractivity (Wildman–Crippen MR) is 97.8 cm³/mol. The van der Waals surface area contributed by atoms with Crippen molar-refractivity contribution in [1.29, 1.82) is 0 Å². The molecule has 128 valence electrons. The molecule has 1 aromatic carbocycles. The topological polar surface area (TPSA) is 55.6 Å². The summed E-state index contributed by atoms with van der Waals surface area (Å²) < 4.78 is 11.5. The molecule has 5 nitrogen and oxygen atoms in total. The van der Waals surface area contributed by atoms with Crippen molar-refractivity contribution in [3.63, 3.8) is 0 Å². The van der Waals surface area contributed by atoms with Crippen molar-refractivity contribution < 1.29 is 23.6 Å². The number of ether oxygens (including phenoxy) is 2. The molecule has 1 aliphatic carbocycles. The van der Waals surface area contributed by atoms with Crippen LogP contribution in [0.3, 0.4) is 0 Å². The molecule has 0 saturated carbocycles. The lowest BCUT2D eigenvalue weighted by atomic mass is 10.0. The van der Waals surface area contributed by atoms with Gasteiger partial charge >= 0.3 is 11.9 Å². The highest BCUT2D eigenvalue weighted by molar-refractivity contribution is 8.05. The van der Waals surface area contributed by atoms with Gasteiger partial charge in [-0.2, -0.15) is 4.58 Å². The molecule has 25 heavy (non-hydrogen) atoms. The number of benzene rings is 1. The van der Waals surface area contributed by atoms with Crippen LogP contribution in [0.5, 0.6) is 5.75 Å². The largest absolute Gasteiger partial charge is 0.497 e. The number of hydrogen-bond acceptors (Lipinski definition) is 5. The van der Waals surface area contributed by atoms with Crippen molar-refractivity contribution in [2.24, 2.45) is 0 Å². The molecule has 1 unspecified atom stereocenters. The zero-order valence-electron chi connectivity index (χ0n) is 14.2. The third kappa shape index (κ3) is 3.44. The van der Waals surface area contributed by atoms with Crippen molar-refractivity contribution in [2.45, 2.75) is 5.25 Å². The molecule has 1 atom stereocenters. The zero-order valence-corrected chi connectivity index (χ0v) is 15.0. The number of nitrogens with zero attached hydrogens (tertiary/aromatic N) is 1. The lowest BCUT2D eigenvalue weighted by molar-refractivity contribution is -0.413. The maximum Gasteiger partial charge on any atom is 0.425 e. The second-order valence-electron chi connectivity index (χ2n) is 5.56. The summed E-state index contributed by atoms with van der Waals surface area (Å²) in [7, 11) is 4.68. The van der Waals surface area contributed by atoms with Crippen molar-refractivity contribution in [2.75, 3.05) is 21.3 Å². The number of allylic oxidation sites excluding steroid dienone is 1. The Morgan fingerprint density at radius 3 is 2.60 bits per heavy atom. The Bertz CT molecular complexity index is 847. The second-order valence-corrected chi connectivity index (χ2v) is 6.74. The highest BCUT2D eigenvalue weighted by Gasteiger charge is 2.38. The van der Waals surface area contributed by atoms with E-state index >= 15 is 0 Å². The number of carbonyl (C=O) groups is 2. The van der Waals surface area contributed by atoms with Crippen LogP contribution < -0.4 is 4.74 Å². The van der Waals surface area contributed by atoms with Crippen LogP contribution in [-0.2, 0) is 14.3 Å². The van der Waals surface area contributed by atoms with Crippen LogP contribution in [0.15, 0.2) is 53.0 Å². The van der Waals surface area contributed by atoms with Crippen LogP contribution in [0.25, 0.3) is 6.08 Å². The van der Waals surface area contributed by atoms with Crippen LogP contribution >= 0.6 is 11.8 Å². The Morgan fingerprint density at radius 1 is 1.24 bits per heavy atom. The Balaban J connectivity index is 1.93. The molecule has 0 saturated heterocycles. The van der Waals surface area contributed by atoms with Gasteiger partial charge in [0.15, 0.2) is 0 Å². The van der Waals surface area contributed by atoms with Gasteiger partial charge in [-0.05, 0) is 29.8 Å². The van der Waals surface area contributed by atoms with Crippen LogP contribution in [0.4, 0.5) is 0 Å². The molecule has 6 heteroatoms. The van der Waals surface area contributed by atoms with Gasteiger partial charge in [-0.3, -0.25) is 0 Å². The van der Waals surface area contributed by atoms with Gasteiger partial charge in [0.25, 0.3) is 0 Å².